The first-order valence-electron chi connectivity index (χ1n) is 6.93. The van der Waals surface area contributed by atoms with Crippen LogP contribution in [0.3, 0.4) is 0 Å². The van der Waals surface area contributed by atoms with Crippen LogP contribution in [0, 0.1) is 0 Å². The summed E-state index contributed by atoms with van der Waals surface area (Å²) in [5, 5.41) is 0. The number of carbonyl (C=O) groups excluding carboxylic acids is 2. The summed E-state index contributed by atoms with van der Waals surface area (Å²) in [6, 6.07) is 10.9. The fourth-order valence-corrected chi connectivity index (χ4v) is 2.64. The molecule has 0 saturated carbocycles. The minimum atomic E-state index is -4.46. The minimum absolute atomic E-state index is 0. The average molecular weight is 390 g/mol. The molecule has 8 nitrogen and oxygen atoms in total. The second-order valence-corrected chi connectivity index (χ2v) is 5.99. The van der Waals surface area contributed by atoms with Crippen molar-refractivity contribution in [3.8, 4) is 11.5 Å². The predicted molar refractivity (Wildman–Crippen MR) is 93.8 cm³/mol. The third kappa shape index (κ3) is 6.16. The number of phosphoric ester groups is 1. The topological polar surface area (TPSA) is 108 Å². The maximum absolute atomic E-state index is 12.0. The summed E-state index contributed by atoms with van der Waals surface area (Å²) in [6.45, 7) is 0. The fraction of sp³-hybridized carbons (Fsp3) is 0.125. The first-order valence-corrected chi connectivity index (χ1v) is 8.43. The predicted octanol–water partition coefficient (Wildman–Crippen LogP) is 2.17. The zero-order valence-electron chi connectivity index (χ0n) is 13.4. The van der Waals surface area contributed by atoms with Crippen LogP contribution in [0.25, 0.3) is 0 Å². The van der Waals surface area contributed by atoms with Crippen molar-refractivity contribution in [3.05, 3.63) is 59.7 Å². The quantitative estimate of drug-likeness (QED) is 0.454. The van der Waals surface area contributed by atoms with E-state index in [0.717, 1.165) is 0 Å². The third-order valence-electron chi connectivity index (χ3n) is 2.99. The molecule has 0 saturated heterocycles. The van der Waals surface area contributed by atoms with Gasteiger partial charge in [-0.05, 0) is 48.5 Å². The molecule has 0 heterocycles. The van der Waals surface area contributed by atoms with E-state index in [0.29, 0.717) is 0 Å². The number of rotatable bonds is 6. The summed E-state index contributed by atoms with van der Waals surface area (Å²) < 4.78 is 31.0. The molecule has 0 radical (unpaired) electrons. The van der Waals surface area contributed by atoms with Crippen LogP contribution in [-0.2, 0) is 14.0 Å². The van der Waals surface area contributed by atoms with Crippen molar-refractivity contribution in [1.82, 2.24) is 0 Å². The Bertz CT molecular complexity index is 739. The molecule has 26 heavy (non-hydrogen) atoms. The number of esters is 2. The van der Waals surface area contributed by atoms with Crippen LogP contribution in [0.1, 0.15) is 20.7 Å². The molecular weight excluding hydrogens is 374 g/mol. The fourth-order valence-electron chi connectivity index (χ4n) is 1.82. The number of hydrogen-bond acceptors (Lipinski definition) is 7. The summed E-state index contributed by atoms with van der Waals surface area (Å²) in [4.78, 5) is 32.4. The standard InChI is InChI=1S/C16H15O8P.Na.H/c1-21-15(17)11-3-7-13(8-4-11)23-25(19,20)24-14-9-5-12(6-10-14)16(18)22-2;;/h3-10H,1-2H3,(H,19,20);;. The van der Waals surface area contributed by atoms with E-state index in [1.54, 1.807) is 0 Å². The van der Waals surface area contributed by atoms with Gasteiger partial charge >= 0.3 is 49.3 Å². The Kier molecular flexibility index (Phi) is 8.33. The monoisotopic (exact) mass is 390 g/mol. The molecule has 0 bridgehead atoms. The summed E-state index contributed by atoms with van der Waals surface area (Å²) in [5.74, 6) is -1.02. The van der Waals surface area contributed by atoms with Gasteiger partial charge in [0.2, 0.25) is 0 Å². The van der Waals surface area contributed by atoms with Gasteiger partial charge in [0.05, 0.1) is 25.3 Å². The van der Waals surface area contributed by atoms with E-state index in [9.17, 15) is 19.0 Å². The molecule has 1 N–H and O–H groups in total. The molecule has 0 aliphatic carbocycles. The second-order valence-electron chi connectivity index (χ2n) is 4.68. The molecule has 134 valence electrons. The number of ether oxygens (including phenoxy) is 2. The van der Waals surface area contributed by atoms with Crippen LogP contribution in [0.15, 0.2) is 48.5 Å². The third-order valence-corrected chi connectivity index (χ3v) is 3.88. The van der Waals surface area contributed by atoms with Gasteiger partial charge < -0.3 is 18.5 Å². The van der Waals surface area contributed by atoms with Crippen molar-refractivity contribution in [3.63, 3.8) is 0 Å². The second kappa shape index (κ2) is 9.75. The van der Waals surface area contributed by atoms with Crippen molar-refractivity contribution in [1.29, 1.82) is 0 Å². The Hall–Kier alpha value is -1.83. The van der Waals surface area contributed by atoms with E-state index in [2.05, 4.69) is 9.47 Å². The van der Waals surface area contributed by atoms with E-state index >= 15 is 0 Å². The summed E-state index contributed by atoms with van der Waals surface area (Å²) in [5.41, 5.74) is 0.531. The van der Waals surface area contributed by atoms with Gasteiger partial charge in [-0.25, -0.2) is 14.2 Å². The Morgan fingerprint density at radius 3 is 1.35 bits per heavy atom. The van der Waals surface area contributed by atoms with Gasteiger partial charge in [0.15, 0.2) is 0 Å². The van der Waals surface area contributed by atoms with Gasteiger partial charge in [-0.1, -0.05) is 0 Å². The Labute approximate surface area is 171 Å². The zero-order chi connectivity index (χ0) is 18.4. The number of phosphoric acid groups is 1. The van der Waals surface area contributed by atoms with Crippen LogP contribution in [0.2, 0.25) is 0 Å². The van der Waals surface area contributed by atoms with Crippen molar-refractivity contribution in [2.75, 3.05) is 14.2 Å². The van der Waals surface area contributed by atoms with Crippen LogP contribution in [0.4, 0.5) is 0 Å². The molecule has 0 fully saturated rings. The number of benzene rings is 2. The van der Waals surface area contributed by atoms with Gasteiger partial charge in [-0.3, -0.25) is 4.89 Å². The van der Waals surface area contributed by atoms with E-state index in [1.165, 1.54) is 62.8 Å². The van der Waals surface area contributed by atoms with Crippen LogP contribution < -0.4 is 9.05 Å². The van der Waals surface area contributed by atoms with Crippen LogP contribution in [-0.4, -0.2) is 60.6 Å². The molecule has 0 atom stereocenters. The average Bonchev–Trinajstić information content (AvgIpc) is 2.61. The number of carbonyl (C=O) groups is 2. The van der Waals surface area contributed by atoms with Crippen LogP contribution >= 0.6 is 7.82 Å². The molecule has 0 amide bonds. The van der Waals surface area contributed by atoms with E-state index in [4.69, 9.17) is 9.05 Å². The molecule has 0 aliphatic heterocycles. The van der Waals surface area contributed by atoms with Gasteiger partial charge in [-0.2, -0.15) is 0 Å². The molecule has 10 heteroatoms. The van der Waals surface area contributed by atoms with Gasteiger partial charge in [0.1, 0.15) is 11.5 Å². The molecule has 2 aromatic rings. The van der Waals surface area contributed by atoms with E-state index in [1.807, 2.05) is 0 Å². The zero-order valence-corrected chi connectivity index (χ0v) is 14.3. The Morgan fingerprint density at radius 1 is 0.769 bits per heavy atom. The number of methoxy groups -OCH3 is 2. The van der Waals surface area contributed by atoms with E-state index in [-0.39, 0.29) is 52.2 Å². The Morgan fingerprint density at radius 2 is 1.08 bits per heavy atom. The van der Waals surface area contributed by atoms with Crippen molar-refractivity contribution >= 4 is 49.3 Å². The van der Waals surface area contributed by atoms with Gasteiger partial charge in [0.25, 0.3) is 0 Å². The van der Waals surface area contributed by atoms with Crippen molar-refractivity contribution in [2.24, 2.45) is 0 Å². The summed E-state index contributed by atoms with van der Waals surface area (Å²) in [6.07, 6.45) is 0. The molecule has 0 unspecified atom stereocenters. The molecule has 2 aromatic carbocycles. The van der Waals surface area contributed by atoms with Crippen molar-refractivity contribution < 1.29 is 37.6 Å². The molecule has 2 rings (SSSR count). The molecule has 0 aromatic heterocycles. The first kappa shape index (κ1) is 22.2. The normalized spacial score (nSPS) is 10.3. The van der Waals surface area contributed by atoms with E-state index < -0.39 is 19.8 Å². The summed E-state index contributed by atoms with van der Waals surface area (Å²) >= 11 is 0. The van der Waals surface area contributed by atoms with Gasteiger partial charge in [-0.15, -0.1) is 0 Å². The van der Waals surface area contributed by atoms with Crippen LogP contribution in [0.5, 0.6) is 11.5 Å². The molecule has 0 spiro atoms. The van der Waals surface area contributed by atoms with Gasteiger partial charge in [0, 0.05) is 0 Å². The maximum atomic E-state index is 12.0. The SMILES string of the molecule is COC(=O)c1ccc(OP(=O)(O)Oc2ccc(C(=O)OC)cc2)cc1.[NaH]. The molecule has 0 aliphatic rings. The molecular formula is C16H16NaO8P. The Balaban J connectivity index is 0.00000338. The first-order chi connectivity index (χ1) is 11.8. The summed E-state index contributed by atoms with van der Waals surface area (Å²) in [7, 11) is -1.97. The number of hydrogen-bond donors (Lipinski definition) is 1. The van der Waals surface area contributed by atoms with Crippen molar-refractivity contribution in [2.45, 2.75) is 0 Å².